The number of ether oxygens (including phenoxy) is 1. The monoisotopic (exact) mass is 276 g/mol. The molecule has 3 N–H and O–H groups in total. The number of hydrazine groups is 1. The molecule has 7 nitrogen and oxygen atoms in total. The summed E-state index contributed by atoms with van der Waals surface area (Å²) >= 11 is 0. The summed E-state index contributed by atoms with van der Waals surface area (Å²) < 4.78 is 7.73. The van der Waals surface area contributed by atoms with Crippen molar-refractivity contribution in [2.45, 2.75) is 34.1 Å². The van der Waals surface area contributed by atoms with Crippen molar-refractivity contribution in [3.63, 3.8) is 0 Å². The van der Waals surface area contributed by atoms with Crippen LogP contribution in [0.3, 0.4) is 0 Å². The van der Waals surface area contributed by atoms with Crippen LogP contribution < -0.4 is 16.0 Å². The minimum Gasteiger partial charge on any atom is -0.435 e. The predicted molar refractivity (Wildman–Crippen MR) is 76.7 cm³/mol. The maximum Gasteiger partial charge on any atom is 0.227 e. The lowest BCUT2D eigenvalue weighted by Gasteiger charge is -2.12. The van der Waals surface area contributed by atoms with Crippen molar-refractivity contribution in [3.8, 4) is 11.6 Å². The van der Waals surface area contributed by atoms with Crippen LogP contribution in [0.5, 0.6) is 11.6 Å². The van der Waals surface area contributed by atoms with Crippen LogP contribution in [0.2, 0.25) is 0 Å². The van der Waals surface area contributed by atoms with Gasteiger partial charge in [0.15, 0.2) is 5.75 Å². The first-order valence-corrected chi connectivity index (χ1v) is 6.50. The second-order valence-electron chi connectivity index (χ2n) is 4.64. The summed E-state index contributed by atoms with van der Waals surface area (Å²) in [4.78, 5) is 8.73. The van der Waals surface area contributed by atoms with Gasteiger partial charge >= 0.3 is 0 Å². The summed E-state index contributed by atoms with van der Waals surface area (Å²) in [5, 5.41) is 4.33. The number of nitrogens with one attached hydrogen (secondary N) is 1. The normalized spacial score (nSPS) is 10.7. The quantitative estimate of drug-likeness (QED) is 0.653. The minimum atomic E-state index is 0.504. The van der Waals surface area contributed by atoms with Gasteiger partial charge in [-0.2, -0.15) is 10.1 Å². The Kier molecular flexibility index (Phi) is 3.89. The fourth-order valence-electron chi connectivity index (χ4n) is 1.94. The van der Waals surface area contributed by atoms with Crippen molar-refractivity contribution in [2.75, 3.05) is 5.43 Å². The molecule has 0 aliphatic carbocycles. The van der Waals surface area contributed by atoms with Gasteiger partial charge in [-0.3, -0.25) is 4.68 Å². The fraction of sp³-hybridized carbons (Fsp3) is 0.462. The van der Waals surface area contributed by atoms with E-state index in [2.05, 4.69) is 20.5 Å². The molecule has 7 heteroatoms. The van der Waals surface area contributed by atoms with Crippen LogP contribution in [0.15, 0.2) is 0 Å². The third kappa shape index (κ3) is 2.44. The van der Waals surface area contributed by atoms with Crippen molar-refractivity contribution in [1.29, 1.82) is 0 Å². The topological polar surface area (TPSA) is 90.9 Å². The molecule has 2 rings (SSSR count). The van der Waals surface area contributed by atoms with E-state index in [1.165, 1.54) is 0 Å². The minimum absolute atomic E-state index is 0.504. The summed E-state index contributed by atoms with van der Waals surface area (Å²) in [7, 11) is 1.88. The Labute approximate surface area is 118 Å². The van der Waals surface area contributed by atoms with Crippen LogP contribution in [-0.2, 0) is 13.5 Å². The SMILES string of the molecule is CCc1nc(NN)c(C)c(Oc2c(C)nn(C)c2C)n1. The van der Waals surface area contributed by atoms with Crippen molar-refractivity contribution >= 4 is 5.82 Å². The van der Waals surface area contributed by atoms with Gasteiger partial charge < -0.3 is 10.2 Å². The smallest absolute Gasteiger partial charge is 0.227 e. The highest BCUT2D eigenvalue weighted by Gasteiger charge is 2.16. The van der Waals surface area contributed by atoms with E-state index in [-0.39, 0.29) is 0 Å². The highest BCUT2D eigenvalue weighted by atomic mass is 16.5. The Balaban J connectivity index is 2.47. The molecule has 0 amide bonds. The Bertz CT molecular complexity index is 634. The molecule has 2 aromatic rings. The molecule has 0 bridgehead atoms. The third-order valence-corrected chi connectivity index (χ3v) is 3.24. The highest BCUT2D eigenvalue weighted by Crippen LogP contribution is 2.30. The van der Waals surface area contributed by atoms with E-state index < -0.39 is 0 Å². The molecule has 2 heterocycles. The third-order valence-electron chi connectivity index (χ3n) is 3.24. The van der Waals surface area contributed by atoms with Gasteiger partial charge in [0.2, 0.25) is 5.88 Å². The van der Waals surface area contributed by atoms with Crippen molar-refractivity contribution in [3.05, 3.63) is 22.8 Å². The molecule has 108 valence electrons. The van der Waals surface area contributed by atoms with Crippen LogP contribution in [0.1, 0.15) is 29.7 Å². The second-order valence-corrected chi connectivity index (χ2v) is 4.64. The van der Waals surface area contributed by atoms with E-state index in [0.29, 0.717) is 23.9 Å². The zero-order chi connectivity index (χ0) is 14.9. The zero-order valence-electron chi connectivity index (χ0n) is 12.5. The summed E-state index contributed by atoms with van der Waals surface area (Å²) in [6.07, 6.45) is 0.705. The van der Waals surface area contributed by atoms with E-state index >= 15 is 0 Å². The molecular formula is C13H20N6O. The van der Waals surface area contributed by atoms with Crippen LogP contribution in [0.4, 0.5) is 5.82 Å². The van der Waals surface area contributed by atoms with Crippen molar-refractivity contribution < 1.29 is 4.74 Å². The molecule has 2 aromatic heterocycles. The summed E-state index contributed by atoms with van der Waals surface area (Å²) in [5.74, 6) is 7.97. The van der Waals surface area contributed by atoms with Crippen LogP contribution in [0.25, 0.3) is 0 Å². The average Bonchev–Trinajstić information content (AvgIpc) is 2.67. The van der Waals surface area contributed by atoms with Gasteiger partial charge in [0.05, 0.1) is 11.3 Å². The van der Waals surface area contributed by atoms with Gasteiger partial charge in [0.1, 0.15) is 17.3 Å². The Morgan fingerprint density at radius 1 is 1.25 bits per heavy atom. The second kappa shape index (κ2) is 5.46. The van der Waals surface area contributed by atoms with Gasteiger partial charge in [0.25, 0.3) is 0 Å². The van der Waals surface area contributed by atoms with Gasteiger partial charge in [-0.15, -0.1) is 0 Å². The van der Waals surface area contributed by atoms with Crippen molar-refractivity contribution in [2.24, 2.45) is 12.9 Å². The maximum atomic E-state index is 5.95. The molecule has 0 aromatic carbocycles. The predicted octanol–water partition coefficient (Wildman–Crippen LogP) is 1.78. The van der Waals surface area contributed by atoms with Crippen LogP contribution in [0, 0.1) is 20.8 Å². The maximum absolute atomic E-state index is 5.95. The van der Waals surface area contributed by atoms with E-state index in [4.69, 9.17) is 10.6 Å². The Hall–Kier alpha value is -2.15. The number of hydrogen-bond donors (Lipinski definition) is 2. The first-order valence-electron chi connectivity index (χ1n) is 6.50. The summed E-state index contributed by atoms with van der Waals surface area (Å²) in [5.41, 5.74) is 5.12. The number of rotatable bonds is 4. The fourth-order valence-corrected chi connectivity index (χ4v) is 1.94. The van der Waals surface area contributed by atoms with E-state index in [9.17, 15) is 0 Å². The first kappa shape index (κ1) is 14.3. The van der Waals surface area contributed by atoms with E-state index in [1.807, 2.05) is 34.7 Å². The Morgan fingerprint density at radius 3 is 2.45 bits per heavy atom. The zero-order valence-corrected chi connectivity index (χ0v) is 12.5. The molecule has 0 aliphatic heterocycles. The van der Waals surface area contributed by atoms with Gasteiger partial charge in [-0.25, -0.2) is 10.8 Å². The van der Waals surface area contributed by atoms with Crippen LogP contribution in [-0.4, -0.2) is 19.7 Å². The molecule has 0 saturated carbocycles. The first-order chi connectivity index (χ1) is 9.47. The van der Waals surface area contributed by atoms with E-state index in [1.54, 1.807) is 4.68 Å². The largest absolute Gasteiger partial charge is 0.435 e. The highest BCUT2D eigenvalue weighted by molar-refractivity contribution is 5.49. The number of anilines is 1. The van der Waals surface area contributed by atoms with Gasteiger partial charge in [-0.1, -0.05) is 6.92 Å². The lowest BCUT2D eigenvalue weighted by molar-refractivity contribution is 0.447. The van der Waals surface area contributed by atoms with Gasteiger partial charge in [-0.05, 0) is 20.8 Å². The number of nitrogens with two attached hydrogens (primary N) is 1. The lowest BCUT2D eigenvalue weighted by atomic mass is 10.3. The number of hydrogen-bond acceptors (Lipinski definition) is 6. The number of aromatic nitrogens is 4. The molecule has 0 unspecified atom stereocenters. The molecule has 20 heavy (non-hydrogen) atoms. The molecule has 0 aliphatic rings. The number of nitrogen functional groups attached to an aromatic ring is 1. The summed E-state index contributed by atoms with van der Waals surface area (Å²) in [6.45, 7) is 7.71. The molecule has 0 atom stereocenters. The summed E-state index contributed by atoms with van der Waals surface area (Å²) in [6, 6.07) is 0. The molecule has 0 radical (unpaired) electrons. The average molecular weight is 276 g/mol. The molecule has 0 saturated heterocycles. The van der Waals surface area contributed by atoms with Crippen molar-refractivity contribution in [1.82, 2.24) is 19.7 Å². The van der Waals surface area contributed by atoms with E-state index in [0.717, 1.165) is 22.7 Å². The van der Waals surface area contributed by atoms with Crippen LogP contribution >= 0.6 is 0 Å². The number of aryl methyl sites for hydroxylation is 3. The standard InChI is InChI=1S/C13H20N6O/c1-6-10-15-12(17-14)7(2)13(16-10)20-11-8(3)18-19(5)9(11)4/h6,14H2,1-5H3,(H,15,16,17). The van der Waals surface area contributed by atoms with Gasteiger partial charge in [0, 0.05) is 13.5 Å². The number of nitrogens with zero attached hydrogens (tertiary/aromatic N) is 4. The molecular weight excluding hydrogens is 256 g/mol. The molecule has 0 fully saturated rings. The Morgan fingerprint density at radius 2 is 1.95 bits per heavy atom. The lowest BCUT2D eigenvalue weighted by Crippen LogP contribution is -2.13. The molecule has 0 spiro atoms.